The number of para-hydroxylation sites is 1. The highest BCUT2D eigenvalue weighted by atomic mass is 16.5. The summed E-state index contributed by atoms with van der Waals surface area (Å²) in [5.74, 6) is 1.89. The van der Waals surface area contributed by atoms with Gasteiger partial charge in [0.15, 0.2) is 11.8 Å². The van der Waals surface area contributed by atoms with Crippen LogP contribution in [0, 0.1) is 13.8 Å². The van der Waals surface area contributed by atoms with Crippen LogP contribution >= 0.6 is 0 Å². The van der Waals surface area contributed by atoms with Gasteiger partial charge in [0.05, 0.1) is 0 Å². The smallest absolute Gasteiger partial charge is 0.223 e. The molecule has 0 amide bonds. The fourth-order valence-electron chi connectivity index (χ4n) is 2.78. The number of aromatic nitrogens is 3. The summed E-state index contributed by atoms with van der Waals surface area (Å²) in [4.78, 5) is 12.0. The Labute approximate surface area is 146 Å². The second-order valence-corrected chi connectivity index (χ2v) is 5.91. The van der Waals surface area contributed by atoms with E-state index in [1.54, 1.807) is 6.92 Å². The molecule has 0 saturated heterocycles. The van der Waals surface area contributed by atoms with Crippen molar-refractivity contribution in [2.24, 2.45) is 4.99 Å². The summed E-state index contributed by atoms with van der Waals surface area (Å²) in [6, 6.07) is 6.38. The van der Waals surface area contributed by atoms with Crippen LogP contribution in [-0.4, -0.2) is 34.2 Å². The third-order valence-corrected chi connectivity index (χ3v) is 3.99. The molecule has 0 atom stereocenters. The number of nitrogens with one attached hydrogen (secondary N) is 3. The molecule has 0 aliphatic heterocycles. The highest BCUT2D eigenvalue weighted by Crippen LogP contribution is 2.21. The average Bonchev–Trinajstić information content (AvgIpc) is 3.20. The summed E-state index contributed by atoms with van der Waals surface area (Å²) in [5, 5.41) is 11.7. The van der Waals surface area contributed by atoms with Gasteiger partial charge in [0, 0.05) is 37.1 Å². The quantitative estimate of drug-likeness (QED) is 0.474. The molecule has 3 N–H and O–H groups in total. The number of aliphatic imine (C=N–C) groups is 1. The van der Waals surface area contributed by atoms with Crippen LogP contribution in [-0.2, 0) is 13.0 Å². The third kappa shape index (κ3) is 4.17. The van der Waals surface area contributed by atoms with Crippen molar-refractivity contribution in [1.82, 2.24) is 25.8 Å². The van der Waals surface area contributed by atoms with E-state index in [2.05, 4.69) is 62.1 Å². The van der Waals surface area contributed by atoms with Gasteiger partial charge < -0.3 is 20.1 Å². The fourth-order valence-corrected chi connectivity index (χ4v) is 2.78. The molecule has 2 aromatic heterocycles. The van der Waals surface area contributed by atoms with Gasteiger partial charge in [0.1, 0.15) is 6.54 Å². The lowest BCUT2D eigenvalue weighted by molar-refractivity contribution is 0.387. The van der Waals surface area contributed by atoms with Crippen LogP contribution in [0.3, 0.4) is 0 Å². The molecular weight excluding hydrogens is 316 g/mol. The van der Waals surface area contributed by atoms with E-state index in [0.717, 1.165) is 25.5 Å². The lowest BCUT2D eigenvalue weighted by Gasteiger charge is -2.10. The molecular formula is C18H24N6O. The average molecular weight is 340 g/mol. The second kappa shape index (κ2) is 7.83. The van der Waals surface area contributed by atoms with Gasteiger partial charge in [-0.3, -0.25) is 0 Å². The lowest BCUT2D eigenvalue weighted by atomic mass is 10.1. The zero-order valence-electron chi connectivity index (χ0n) is 14.9. The predicted molar refractivity (Wildman–Crippen MR) is 98.6 cm³/mol. The summed E-state index contributed by atoms with van der Waals surface area (Å²) < 4.78 is 4.96. The normalized spacial score (nSPS) is 11.9. The number of H-pyrrole nitrogens is 1. The first kappa shape index (κ1) is 17.0. The summed E-state index contributed by atoms with van der Waals surface area (Å²) in [7, 11) is 0. The highest BCUT2D eigenvalue weighted by Gasteiger charge is 2.06. The van der Waals surface area contributed by atoms with Gasteiger partial charge in [-0.2, -0.15) is 4.98 Å². The molecule has 0 aliphatic carbocycles. The molecule has 3 rings (SSSR count). The number of nitrogens with zero attached hydrogens (tertiary/aromatic N) is 3. The summed E-state index contributed by atoms with van der Waals surface area (Å²) >= 11 is 0. The van der Waals surface area contributed by atoms with Gasteiger partial charge in [0.25, 0.3) is 0 Å². The number of rotatable bonds is 6. The van der Waals surface area contributed by atoms with Crippen LogP contribution in [0.2, 0.25) is 0 Å². The van der Waals surface area contributed by atoms with Gasteiger partial charge in [-0.25, -0.2) is 4.99 Å². The molecule has 0 bridgehead atoms. The zero-order chi connectivity index (χ0) is 17.6. The van der Waals surface area contributed by atoms with Crippen LogP contribution in [0.25, 0.3) is 10.9 Å². The Balaban J connectivity index is 1.60. The molecule has 7 nitrogen and oxygen atoms in total. The lowest BCUT2D eigenvalue weighted by Crippen LogP contribution is -2.38. The first-order chi connectivity index (χ1) is 12.2. The monoisotopic (exact) mass is 340 g/mol. The molecule has 0 radical (unpaired) electrons. The Bertz CT molecular complexity index is 863. The number of benzene rings is 1. The first-order valence-electron chi connectivity index (χ1n) is 8.54. The maximum Gasteiger partial charge on any atom is 0.223 e. The first-order valence-corrected chi connectivity index (χ1v) is 8.54. The Kier molecular flexibility index (Phi) is 5.33. The number of aryl methyl sites for hydroxylation is 2. The molecule has 2 heterocycles. The van der Waals surface area contributed by atoms with Gasteiger partial charge >= 0.3 is 0 Å². The van der Waals surface area contributed by atoms with Crippen LogP contribution in [0.4, 0.5) is 0 Å². The standard InChI is InChI=1S/C18H24N6O/c1-4-19-18(22-11-16-23-13(3)25-24-16)20-9-8-14-10-21-17-12(2)6-5-7-15(14)17/h5-7,10,21H,4,8-9,11H2,1-3H3,(H2,19,20,22). The van der Waals surface area contributed by atoms with E-state index in [0.29, 0.717) is 18.3 Å². The summed E-state index contributed by atoms with van der Waals surface area (Å²) in [6.07, 6.45) is 3.00. The van der Waals surface area contributed by atoms with Gasteiger partial charge in [0.2, 0.25) is 5.89 Å². The molecule has 132 valence electrons. The Morgan fingerprint density at radius 1 is 1.28 bits per heavy atom. The summed E-state index contributed by atoms with van der Waals surface area (Å²) in [6.45, 7) is 7.90. The Morgan fingerprint density at radius 3 is 2.92 bits per heavy atom. The SMILES string of the molecule is CCNC(=NCc1noc(C)n1)NCCc1c[nH]c2c(C)cccc12. The highest BCUT2D eigenvalue weighted by molar-refractivity contribution is 5.86. The minimum Gasteiger partial charge on any atom is -0.361 e. The number of hydrogen-bond donors (Lipinski definition) is 3. The number of fused-ring (bicyclic) bond motifs is 1. The van der Waals surface area contributed by atoms with E-state index in [1.807, 2.05) is 6.92 Å². The fraction of sp³-hybridized carbons (Fsp3) is 0.389. The molecule has 0 unspecified atom stereocenters. The van der Waals surface area contributed by atoms with Crippen LogP contribution in [0.5, 0.6) is 0 Å². The minimum absolute atomic E-state index is 0.388. The Hall–Kier alpha value is -2.83. The predicted octanol–water partition coefficient (Wildman–Crippen LogP) is 2.47. The van der Waals surface area contributed by atoms with E-state index < -0.39 is 0 Å². The molecule has 25 heavy (non-hydrogen) atoms. The molecule has 3 aromatic rings. The molecule has 1 aromatic carbocycles. The van der Waals surface area contributed by atoms with E-state index in [4.69, 9.17) is 4.52 Å². The van der Waals surface area contributed by atoms with Crippen molar-refractivity contribution in [3.05, 3.63) is 47.2 Å². The van der Waals surface area contributed by atoms with Crippen molar-refractivity contribution in [2.75, 3.05) is 13.1 Å². The van der Waals surface area contributed by atoms with Crippen molar-refractivity contribution in [2.45, 2.75) is 33.7 Å². The van der Waals surface area contributed by atoms with Crippen LogP contribution in [0.15, 0.2) is 33.9 Å². The number of guanidine groups is 1. The van der Waals surface area contributed by atoms with Gasteiger partial charge in [-0.1, -0.05) is 23.4 Å². The van der Waals surface area contributed by atoms with Crippen molar-refractivity contribution < 1.29 is 4.52 Å². The van der Waals surface area contributed by atoms with E-state index in [-0.39, 0.29) is 0 Å². The van der Waals surface area contributed by atoms with Gasteiger partial charge in [-0.15, -0.1) is 0 Å². The third-order valence-electron chi connectivity index (χ3n) is 3.99. The Morgan fingerprint density at radius 2 is 2.16 bits per heavy atom. The molecule has 7 heteroatoms. The second-order valence-electron chi connectivity index (χ2n) is 5.91. The largest absolute Gasteiger partial charge is 0.361 e. The van der Waals surface area contributed by atoms with E-state index >= 15 is 0 Å². The van der Waals surface area contributed by atoms with E-state index in [1.165, 1.54) is 22.0 Å². The molecule has 0 fully saturated rings. The molecule has 0 aliphatic rings. The maximum absolute atomic E-state index is 4.96. The zero-order valence-corrected chi connectivity index (χ0v) is 14.9. The minimum atomic E-state index is 0.388. The molecule has 0 saturated carbocycles. The summed E-state index contributed by atoms with van der Waals surface area (Å²) in [5.41, 5.74) is 3.78. The van der Waals surface area contributed by atoms with Crippen molar-refractivity contribution in [3.8, 4) is 0 Å². The van der Waals surface area contributed by atoms with Crippen molar-refractivity contribution in [3.63, 3.8) is 0 Å². The van der Waals surface area contributed by atoms with Crippen LogP contribution < -0.4 is 10.6 Å². The van der Waals surface area contributed by atoms with Crippen molar-refractivity contribution in [1.29, 1.82) is 0 Å². The molecule has 0 spiro atoms. The van der Waals surface area contributed by atoms with Gasteiger partial charge in [-0.05, 0) is 31.4 Å². The number of hydrogen-bond acceptors (Lipinski definition) is 4. The van der Waals surface area contributed by atoms with Crippen molar-refractivity contribution >= 4 is 16.9 Å². The maximum atomic E-state index is 4.96. The topological polar surface area (TPSA) is 91.1 Å². The van der Waals surface area contributed by atoms with Crippen LogP contribution in [0.1, 0.15) is 29.8 Å². The number of aromatic amines is 1. The van der Waals surface area contributed by atoms with E-state index in [9.17, 15) is 0 Å².